The maximum atomic E-state index is 13.7. The van der Waals surface area contributed by atoms with Crippen molar-refractivity contribution in [2.75, 3.05) is 5.32 Å². The molecule has 0 radical (unpaired) electrons. The molecular weight excluding hydrogens is 508 g/mol. The smallest absolute Gasteiger partial charge is 0.310 e. The van der Waals surface area contributed by atoms with Gasteiger partial charge in [-0.2, -0.15) is 0 Å². The number of aliphatic carboxylic acids is 1. The number of nitrogens with one attached hydrogen (secondary N) is 1. The zero-order chi connectivity index (χ0) is 27.4. The summed E-state index contributed by atoms with van der Waals surface area (Å²) >= 11 is 6.04. The van der Waals surface area contributed by atoms with Crippen LogP contribution < -0.4 is 5.32 Å². The Morgan fingerprint density at radius 3 is 2.33 bits per heavy atom. The number of carboxylic acid groups (broad SMARTS) is 1. The standard InChI is InChI=1S/C33H33ClN2O3/c1-21(33(38)39)23-8-6-22(7-9-23)20-30(32(37)36-27-16-14-26(34)15-17-27)25-12-10-24(11-13-25)28-18-19-35-31-5-3-2-4-29(28)31/h2-9,14-19,21,24-25,30H,10-13,20H2,1H3,(H,36,37)(H,38,39)/t21-,24-,25+,30-/m1/s1. The third-order valence-electron chi connectivity index (χ3n) is 8.22. The van der Waals surface area contributed by atoms with Crippen molar-refractivity contribution in [3.05, 3.63) is 107 Å². The van der Waals surface area contributed by atoms with Gasteiger partial charge in [-0.05, 0) is 104 Å². The van der Waals surface area contributed by atoms with Gasteiger partial charge >= 0.3 is 5.97 Å². The Morgan fingerprint density at radius 2 is 1.64 bits per heavy atom. The van der Waals surface area contributed by atoms with E-state index in [0.717, 1.165) is 48.0 Å². The van der Waals surface area contributed by atoms with E-state index in [1.165, 1.54) is 10.9 Å². The normalized spacial score (nSPS) is 18.8. The van der Waals surface area contributed by atoms with E-state index in [1.54, 1.807) is 19.1 Å². The minimum Gasteiger partial charge on any atom is -0.481 e. The molecule has 0 aliphatic heterocycles. The third-order valence-corrected chi connectivity index (χ3v) is 8.47. The molecule has 6 heteroatoms. The topological polar surface area (TPSA) is 79.3 Å². The molecule has 0 bridgehead atoms. The van der Waals surface area contributed by atoms with Crippen LogP contribution in [0.25, 0.3) is 10.9 Å². The number of hydrogen-bond acceptors (Lipinski definition) is 3. The van der Waals surface area contributed by atoms with Gasteiger partial charge in [-0.25, -0.2) is 0 Å². The molecule has 1 aromatic heterocycles. The number of carboxylic acids is 1. The predicted molar refractivity (Wildman–Crippen MR) is 156 cm³/mol. The summed E-state index contributed by atoms with van der Waals surface area (Å²) in [6.07, 6.45) is 6.49. The van der Waals surface area contributed by atoms with Crippen molar-refractivity contribution in [1.82, 2.24) is 4.98 Å². The lowest BCUT2D eigenvalue weighted by molar-refractivity contribution is -0.138. The molecule has 1 aliphatic rings. The molecule has 2 N–H and O–H groups in total. The maximum Gasteiger partial charge on any atom is 0.310 e. The van der Waals surface area contributed by atoms with Crippen LogP contribution in [0.4, 0.5) is 5.69 Å². The molecule has 200 valence electrons. The molecule has 5 rings (SSSR count). The van der Waals surface area contributed by atoms with E-state index >= 15 is 0 Å². The van der Waals surface area contributed by atoms with Gasteiger partial charge in [-0.3, -0.25) is 14.6 Å². The summed E-state index contributed by atoms with van der Waals surface area (Å²) in [7, 11) is 0. The van der Waals surface area contributed by atoms with Crippen LogP contribution in [-0.4, -0.2) is 22.0 Å². The molecule has 1 fully saturated rings. The number of pyridine rings is 1. The molecular formula is C33H33ClN2O3. The fourth-order valence-electron chi connectivity index (χ4n) is 5.89. The van der Waals surface area contributed by atoms with E-state index in [9.17, 15) is 14.7 Å². The van der Waals surface area contributed by atoms with Crippen LogP contribution in [0.2, 0.25) is 5.02 Å². The quantitative estimate of drug-likeness (QED) is 0.238. The fraction of sp³-hybridized carbons (Fsp3) is 0.303. The number of anilines is 1. The lowest BCUT2D eigenvalue weighted by Crippen LogP contribution is -2.33. The average molecular weight is 541 g/mol. The van der Waals surface area contributed by atoms with E-state index < -0.39 is 11.9 Å². The second-order valence-electron chi connectivity index (χ2n) is 10.6. The van der Waals surface area contributed by atoms with E-state index in [0.29, 0.717) is 17.4 Å². The second-order valence-corrected chi connectivity index (χ2v) is 11.1. The van der Waals surface area contributed by atoms with Gasteiger partial charge in [-0.15, -0.1) is 0 Å². The monoisotopic (exact) mass is 540 g/mol. The van der Waals surface area contributed by atoms with Gasteiger partial charge in [0.15, 0.2) is 0 Å². The van der Waals surface area contributed by atoms with Gasteiger partial charge in [0.2, 0.25) is 5.91 Å². The average Bonchev–Trinajstić information content (AvgIpc) is 2.97. The molecule has 1 amide bonds. The SMILES string of the molecule is C[C@@H](C(=O)O)c1ccc(C[C@@H](C(=O)Nc2ccc(Cl)cc2)[C@H]2CC[C@@H](c3ccnc4ccccc43)CC2)cc1. The summed E-state index contributed by atoms with van der Waals surface area (Å²) in [5.41, 5.74) is 4.91. The highest BCUT2D eigenvalue weighted by molar-refractivity contribution is 6.30. The first-order valence-electron chi connectivity index (χ1n) is 13.6. The Labute approximate surface area is 234 Å². The van der Waals surface area contributed by atoms with E-state index in [-0.39, 0.29) is 17.7 Å². The number of fused-ring (bicyclic) bond motifs is 1. The Balaban J connectivity index is 1.34. The van der Waals surface area contributed by atoms with Crippen molar-refractivity contribution in [2.24, 2.45) is 11.8 Å². The second kappa shape index (κ2) is 12.0. The molecule has 0 saturated heterocycles. The van der Waals surface area contributed by atoms with Gasteiger partial charge in [0.25, 0.3) is 0 Å². The molecule has 0 spiro atoms. The first kappa shape index (κ1) is 26.9. The highest BCUT2D eigenvalue weighted by Crippen LogP contribution is 2.41. The number of amides is 1. The Kier molecular flexibility index (Phi) is 8.27. The van der Waals surface area contributed by atoms with Crippen LogP contribution in [0.3, 0.4) is 0 Å². The van der Waals surface area contributed by atoms with Crippen molar-refractivity contribution in [3.63, 3.8) is 0 Å². The summed E-state index contributed by atoms with van der Waals surface area (Å²) < 4.78 is 0. The summed E-state index contributed by atoms with van der Waals surface area (Å²) in [6.45, 7) is 1.68. The lowest BCUT2D eigenvalue weighted by atomic mass is 9.71. The molecule has 1 heterocycles. The zero-order valence-corrected chi connectivity index (χ0v) is 22.8. The number of benzene rings is 3. The zero-order valence-electron chi connectivity index (χ0n) is 22.0. The number of carbonyl (C=O) groups excluding carboxylic acids is 1. The van der Waals surface area contributed by atoms with Crippen LogP contribution in [-0.2, 0) is 16.0 Å². The van der Waals surface area contributed by atoms with Crippen molar-refractivity contribution >= 4 is 40.1 Å². The molecule has 4 aromatic rings. The summed E-state index contributed by atoms with van der Waals surface area (Å²) in [4.78, 5) is 29.6. The van der Waals surface area contributed by atoms with E-state index in [2.05, 4.69) is 34.6 Å². The molecule has 2 atom stereocenters. The first-order chi connectivity index (χ1) is 18.9. The van der Waals surface area contributed by atoms with Gasteiger partial charge in [-0.1, -0.05) is 54.1 Å². The van der Waals surface area contributed by atoms with Crippen molar-refractivity contribution in [1.29, 1.82) is 0 Å². The Hall–Kier alpha value is -3.70. The van der Waals surface area contributed by atoms with Crippen molar-refractivity contribution < 1.29 is 14.7 Å². The number of nitrogens with zero attached hydrogens (tertiary/aromatic N) is 1. The number of carbonyl (C=O) groups is 2. The maximum absolute atomic E-state index is 13.7. The van der Waals surface area contributed by atoms with Gasteiger partial charge < -0.3 is 10.4 Å². The minimum atomic E-state index is -0.846. The first-order valence-corrected chi connectivity index (χ1v) is 14.0. The van der Waals surface area contributed by atoms with Crippen LogP contribution in [0.1, 0.15) is 61.1 Å². The Bertz CT molecular complexity index is 1440. The van der Waals surface area contributed by atoms with Gasteiger partial charge in [0, 0.05) is 28.2 Å². The number of hydrogen-bond donors (Lipinski definition) is 2. The lowest BCUT2D eigenvalue weighted by Gasteiger charge is -2.34. The molecule has 3 aromatic carbocycles. The van der Waals surface area contributed by atoms with Crippen LogP contribution >= 0.6 is 11.6 Å². The van der Waals surface area contributed by atoms with E-state index in [4.69, 9.17) is 11.6 Å². The van der Waals surface area contributed by atoms with Crippen LogP contribution in [0.15, 0.2) is 85.1 Å². The Morgan fingerprint density at radius 1 is 0.949 bits per heavy atom. The molecule has 1 aliphatic carbocycles. The summed E-state index contributed by atoms with van der Waals surface area (Å²) in [5, 5.41) is 14.3. The fourth-order valence-corrected chi connectivity index (χ4v) is 6.01. The molecule has 1 saturated carbocycles. The highest BCUT2D eigenvalue weighted by atomic mass is 35.5. The number of rotatable bonds is 8. The molecule has 39 heavy (non-hydrogen) atoms. The summed E-state index contributed by atoms with van der Waals surface area (Å²) in [5.74, 6) is -0.897. The number of halogens is 1. The van der Waals surface area contributed by atoms with E-state index in [1.807, 2.05) is 48.7 Å². The van der Waals surface area contributed by atoms with Crippen LogP contribution in [0.5, 0.6) is 0 Å². The predicted octanol–water partition coefficient (Wildman–Crippen LogP) is 7.85. The third kappa shape index (κ3) is 6.31. The summed E-state index contributed by atoms with van der Waals surface area (Å²) in [6, 6.07) is 25.3. The number of para-hydroxylation sites is 1. The van der Waals surface area contributed by atoms with Crippen molar-refractivity contribution in [2.45, 2.75) is 50.9 Å². The van der Waals surface area contributed by atoms with Gasteiger partial charge in [0.05, 0.1) is 11.4 Å². The van der Waals surface area contributed by atoms with Crippen molar-refractivity contribution in [3.8, 4) is 0 Å². The van der Waals surface area contributed by atoms with Crippen LogP contribution in [0, 0.1) is 11.8 Å². The van der Waals surface area contributed by atoms with Gasteiger partial charge in [0.1, 0.15) is 0 Å². The highest BCUT2D eigenvalue weighted by Gasteiger charge is 2.33. The minimum absolute atomic E-state index is 0.0121. The number of aromatic nitrogens is 1. The molecule has 0 unspecified atom stereocenters. The molecule has 5 nitrogen and oxygen atoms in total. The largest absolute Gasteiger partial charge is 0.481 e.